The molecule has 1 heterocycles. The average molecular weight is 555 g/mol. The highest BCUT2D eigenvalue weighted by Gasteiger charge is 2.20. The summed E-state index contributed by atoms with van der Waals surface area (Å²) in [6.45, 7) is 4.66. The second-order valence-electron chi connectivity index (χ2n) is 10.3. The minimum Gasteiger partial charge on any atom is -0.488 e. The highest BCUT2D eigenvalue weighted by atomic mass is 19.2. The van der Waals surface area contributed by atoms with Crippen molar-refractivity contribution in [1.29, 1.82) is 0 Å². The van der Waals surface area contributed by atoms with Crippen molar-refractivity contribution in [3.05, 3.63) is 126 Å². The molecule has 0 atom stereocenters. The zero-order valence-electron chi connectivity index (χ0n) is 23.5. The third-order valence-electron chi connectivity index (χ3n) is 6.88. The Hall–Kier alpha value is -4.37. The van der Waals surface area contributed by atoms with Crippen LogP contribution in [0.2, 0.25) is 0 Å². The SMILES string of the molecule is CC(C)c1cc(CN(F)ON(N)c2ccc3c(ccn3C)c2)c(OCc2ccccc2)cc1OCc1ccccc1. The van der Waals surface area contributed by atoms with Gasteiger partial charge in [-0.15, -0.1) is 9.42 Å². The van der Waals surface area contributed by atoms with E-state index in [1.807, 2.05) is 109 Å². The van der Waals surface area contributed by atoms with E-state index in [2.05, 4.69) is 13.8 Å². The van der Waals surface area contributed by atoms with Crippen LogP contribution in [-0.4, -0.2) is 9.85 Å². The van der Waals surface area contributed by atoms with E-state index < -0.39 is 0 Å². The van der Waals surface area contributed by atoms with Crippen LogP contribution in [0, 0.1) is 0 Å². The summed E-state index contributed by atoms with van der Waals surface area (Å²) in [6, 6.07) is 31.0. The Morgan fingerprint density at radius 3 is 2.07 bits per heavy atom. The summed E-state index contributed by atoms with van der Waals surface area (Å²) in [5, 5.41) is 2.09. The van der Waals surface area contributed by atoms with Crippen LogP contribution in [0.25, 0.3) is 10.9 Å². The van der Waals surface area contributed by atoms with E-state index in [0.29, 0.717) is 36.0 Å². The number of nitrogens with two attached hydrogens (primary N) is 1. The lowest BCUT2D eigenvalue weighted by Gasteiger charge is -2.23. The van der Waals surface area contributed by atoms with Crippen molar-refractivity contribution in [3.63, 3.8) is 0 Å². The maximum atomic E-state index is 15.3. The number of benzene rings is 4. The van der Waals surface area contributed by atoms with E-state index in [4.69, 9.17) is 20.3 Å². The minimum atomic E-state index is -0.218. The van der Waals surface area contributed by atoms with Crippen molar-refractivity contribution < 1.29 is 18.9 Å². The van der Waals surface area contributed by atoms with Crippen molar-refractivity contribution in [2.24, 2.45) is 12.9 Å². The van der Waals surface area contributed by atoms with Crippen LogP contribution in [0.1, 0.15) is 42.0 Å². The number of hydrogen-bond donors (Lipinski definition) is 1. The van der Waals surface area contributed by atoms with E-state index in [1.54, 1.807) is 6.07 Å². The summed E-state index contributed by atoms with van der Waals surface area (Å²) in [6.07, 6.45) is 1.95. The topological polar surface area (TPSA) is 65.1 Å². The number of halogens is 1. The third-order valence-corrected chi connectivity index (χ3v) is 6.88. The number of fused-ring (bicyclic) bond motifs is 1. The number of aryl methyl sites for hydroxylation is 1. The van der Waals surface area contributed by atoms with Crippen molar-refractivity contribution >= 4 is 16.6 Å². The largest absolute Gasteiger partial charge is 0.488 e. The summed E-state index contributed by atoms with van der Waals surface area (Å²) in [7, 11) is 1.96. The van der Waals surface area contributed by atoms with Gasteiger partial charge >= 0.3 is 0 Å². The van der Waals surface area contributed by atoms with Gasteiger partial charge in [0.2, 0.25) is 0 Å². The number of hydroxylamine groups is 1. The van der Waals surface area contributed by atoms with Gasteiger partial charge in [0.1, 0.15) is 24.7 Å². The molecule has 0 saturated carbocycles. The third kappa shape index (κ3) is 7.05. The molecule has 0 radical (unpaired) electrons. The fraction of sp³-hybridized carbons (Fsp3) is 0.212. The predicted octanol–water partition coefficient (Wildman–Crippen LogP) is 7.37. The molecule has 212 valence electrons. The second-order valence-corrected chi connectivity index (χ2v) is 10.3. The first-order valence-corrected chi connectivity index (χ1v) is 13.6. The van der Waals surface area contributed by atoms with Crippen LogP contribution >= 0.6 is 0 Å². The van der Waals surface area contributed by atoms with Gasteiger partial charge in [-0.1, -0.05) is 74.5 Å². The fourth-order valence-electron chi connectivity index (χ4n) is 4.64. The van der Waals surface area contributed by atoms with E-state index in [9.17, 15) is 0 Å². The van der Waals surface area contributed by atoms with Crippen molar-refractivity contribution in [1.82, 2.24) is 9.85 Å². The van der Waals surface area contributed by atoms with Gasteiger partial charge in [0.05, 0.1) is 12.2 Å². The lowest BCUT2D eigenvalue weighted by atomic mass is 9.98. The predicted molar refractivity (Wildman–Crippen MR) is 159 cm³/mol. The van der Waals surface area contributed by atoms with Crippen molar-refractivity contribution in [2.75, 3.05) is 5.17 Å². The molecule has 2 N–H and O–H groups in total. The monoisotopic (exact) mass is 554 g/mol. The zero-order chi connectivity index (χ0) is 28.8. The molecule has 0 spiro atoms. The standard InChI is InChI=1S/C33H35FN4O3/c1-24(2)30-19-28(21-37(34)41-38(35)29-14-15-31-27(18-29)16-17-36(31)3)32(39-22-25-10-6-4-7-11-25)20-33(30)40-23-26-12-8-5-9-13-26/h4-20,24H,21-23,35H2,1-3H3. The van der Waals surface area contributed by atoms with Gasteiger partial charge in [0, 0.05) is 41.1 Å². The van der Waals surface area contributed by atoms with Gasteiger partial charge in [0.25, 0.3) is 0 Å². The highest BCUT2D eigenvalue weighted by Crippen LogP contribution is 2.36. The molecule has 41 heavy (non-hydrogen) atoms. The number of nitrogens with zero attached hydrogens (tertiary/aromatic N) is 3. The van der Waals surface area contributed by atoms with Gasteiger partial charge in [-0.3, -0.25) is 0 Å². The van der Waals surface area contributed by atoms with Crippen LogP contribution in [-0.2, 0) is 31.7 Å². The summed E-state index contributed by atoms with van der Waals surface area (Å²) >= 11 is 0. The molecule has 0 fully saturated rings. The quantitative estimate of drug-likeness (QED) is 0.0987. The molecule has 8 heteroatoms. The molecule has 0 saturated heterocycles. The molecule has 7 nitrogen and oxygen atoms in total. The number of hydrogen-bond acceptors (Lipinski definition) is 6. The Morgan fingerprint density at radius 1 is 0.805 bits per heavy atom. The molecule has 4 aromatic carbocycles. The van der Waals surface area contributed by atoms with Crippen molar-refractivity contribution in [3.8, 4) is 11.5 Å². The lowest BCUT2D eigenvalue weighted by molar-refractivity contribution is -0.296. The van der Waals surface area contributed by atoms with Crippen LogP contribution in [0.5, 0.6) is 11.5 Å². The van der Waals surface area contributed by atoms with Gasteiger partial charge in [-0.05, 0) is 52.9 Å². The summed E-state index contributed by atoms with van der Waals surface area (Å²) < 4.78 is 29.7. The van der Waals surface area contributed by atoms with E-state index >= 15 is 4.48 Å². The van der Waals surface area contributed by atoms with Gasteiger partial charge in [0.15, 0.2) is 0 Å². The molecule has 0 amide bonds. The van der Waals surface area contributed by atoms with E-state index in [0.717, 1.165) is 32.8 Å². The van der Waals surface area contributed by atoms with Gasteiger partial charge in [-0.25, -0.2) is 5.84 Å². The Bertz CT molecular complexity index is 1570. The first kappa shape index (κ1) is 28.2. The molecule has 0 bridgehead atoms. The molecule has 5 rings (SSSR count). The normalized spacial score (nSPS) is 11.4. The fourth-order valence-corrected chi connectivity index (χ4v) is 4.64. The Labute approximate surface area is 239 Å². The lowest BCUT2D eigenvalue weighted by Crippen LogP contribution is -2.36. The molecule has 0 unspecified atom stereocenters. The summed E-state index contributed by atoms with van der Waals surface area (Å²) in [4.78, 5) is 5.33. The summed E-state index contributed by atoms with van der Waals surface area (Å²) in [5.41, 5.74) is 5.14. The maximum absolute atomic E-state index is 15.3. The first-order chi connectivity index (χ1) is 19.9. The molecular weight excluding hydrogens is 519 g/mol. The smallest absolute Gasteiger partial charge is 0.128 e. The number of ether oxygens (including phenoxy) is 2. The molecule has 0 aliphatic rings. The number of aromatic nitrogens is 1. The zero-order valence-corrected chi connectivity index (χ0v) is 23.5. The average Bonchev–Trinajstić information content (AvgIpc) is 3.36. The molecular formula is C33H35FN4O3. The molecule has 0 aliphatic carbocycles. The second kappa shape index (κ2) is 12.9. The Kier molecular flexibility index (Phi) is 8.84. The van der Waals surface area contributed by atoms with Crippen LogP contribution in [0.3, 0.4) is 0 Å². The van der Waals surface area contributed by atoms with Gasteiger partial charge < -0.3 is 14.0 Å². The molecule has 0 aliphatic heterocycles. The van der Waals surface area contributed by atoms with Crippen LogP contribution in [0.4, 0.5) is 10.2 Å². The van der Waals surface area contributed by atoms with E-state index in [-0.39, 0.29) is 17.7 Å². The number of anilines is 1. The Balaban J connectivity index is 1.37. The van der Waals surface area contributed by atoms with Crippen LogP contribution in [0.15, 0.2) is 103 Å². The summed E-state index contributed by atoms with van der Waals surface area (Å²) in [5.74, 6) is 7.41. The minimum absolute atomic E-state index is 0.125. The first-order valence-electron chi connectivity index (χ1n) is 13.6. The van der Waals surface area contributed by atoms with Crippen molar-refractivity contribution in [2.45, 2.75) is 39.5 Å². The Morgan fingerprint density at radius 2 is 1.44 bits per heavy atom. The maximum Gasteiger partial charge on any atom is 0.128 e. The van der Waals surface area contributed by atoms with Crippen LogP contribution < -0.4 is 20.5 Å². The number of rotatable bonds is 12. The van der Waals surface area contributed by atoms with Gasteiger partial charge in [-0.2, -0.15) is 5.17 Å². The van der Waals surface area contributed by atoms with E-state index in [1.165, 1.54) is 0 Å². The number of hydrazine groups is 1. The highest BCUT2D eigenvalue weighted by molar-refractivity contribution is 5.83. The molecule has 5 aromatic rings. The molecule has 1 aromatic heterocycles.